The largest absolute Gasteiger partial charge is 0.497 e. The molecule has 3 rings (SSSR count). The summed E-state index contributed by atoms with van der Waals surface area (Å²) in [6.45, 7) is 0. The van der Waals surface area contributed by atoms with E-state index >= 15 is 0 Å². The number of esters is 1. The van der Waals surface area contributed by atoms with E-state index in [1.165, 1.54) is 13.3 Å². The molecule has 3 aromatic rings. The summed E-state index contributed by atoms with van der Waals surface area (Å²) in [6.07, 6.45) is 1.47. The van der Waals surface area contributed by atoms with Crippen molar-refractivity contribution in [3.8, 4) is 17.2 Å². The summed E-state index contributed by atoms with van der Waals surface area (Å²) in [7, 11) is 3.03. The van der Waals surface area contributed by atoms with Gasteiger partial charge in [0, 0.05) is 5.56 Å². The van der Waals surface area contributed by atoms with Crippen molar-refractivity contribution in [3.63, 3.8) is 0 Å². The quantitative estimate of drug-likeness (QED) is 0.281. The molecule has 1 amide bonds. The number of methoxy groups -OCH3 is 2. The lowest BCUT2D eigenvalue weighted by atomic mass is 10.2. The molecule has 0 radical (unpaired) electrons. The fourth-order valence-electron chi connectivity index (χ4n) is 2.55. The summed E-state index contributed by atoms with van der Waals surface area (Å²) < 4.78 is 15.8. The average molecular weight is 404 g/mol. The molecule has 0 aliphatic heterocycles. The molecule has 3 aromatic carbocycles. The maximum atomic E-state index is 12.2. The Bertz CT molecular complexity index is 1050. The highest BCUT2D eigenvalue weighted by Gasteiger charge is 2.12. The highest BCUT2D eigenvalue weighted by Crippen LogP contribution is 2.28. The fourth-order valence-corrected chi connectivity index (χ4v) is 2.55. The van der Waals surface area contributed by atoms with Gasteiger partial charge >= 0.3 is 5.97 Å². The van der Waals surface area contributed by atoms with Crippen molar-refractivity contribution in [1.29, 1.82) is 0 Å². The monoisotopic (exact) mass is 404 g/mol. The van der Waals surface area contributed by atoms with Crippen molar-refractivity contribution in [3.05, 3.63) is 89.5 Å². The first-order valence-electron chi connectivity index (χ1n) is 9.03. The Hall–Kier alpha value is -4.13. The number of carbonyl (C=O) groups is 2. The van der Waals surface area contributed by atoms with Gasteiger partial charge in [0.05, 0.1) is 26.0 Å². The maximum Gasteiger partial charge on any atom is 0.343 e. The minimum atomic E-state index is -0.484. The van der Waals surface area contributed by atoms with Crippen LogP contribution in [0.15, 0.2) is 77.9 Å². The zero-order valence-electron chi connectivity index (χ0n) is 16.5. The predicted molar refractivity (Wildman–Crippen MR) is 112 cm³/mol. The Morgan fingerprint density at radius 3 is 2.23 bits per heavy atom. The molecule has 0 fully saturated rings. The van der Waals surface area contributed by atoms with Crippen LogP contribution in [0.5, 0.6) is 17.2 Å². The van der Waals surface area contributed by atoms with Crippen molar-refractivity contribution in [1.82, 2.24) is 5.43 Å². The number of nitrogens with one attached hydrogen (secondary N) is 1. The highest BCUT2D eigenvalue weighted by molar-refractivity contribution is 5.95. The third-order valence-corrected chi connectivity index (χ3v) is 4.13. The number of amides is 1. The van der Waals surface area contributed by atoms with Gasteiger partial charge in [0.25, 0.3) is 5.91 Å². The first-order valence-corrected chi connectivity index (χ1v) is 9.03. The zero-order valence-corrected chi connectivity index (χ0v) is 16.5. The number of ether oxygens (including phenoxy) is 3. The van der Waals surface area contributed by atoms with Gasteiger partial charge in [-0.2, -0.15) is 5.10 Å². The number of nitrogens with zero attached hydrogens (tertiary/aromatic N) is 1. The summed E-state index contributed by atoms with van der Waals surface area (Å²) in [4.78, 5) is 24.3. The van der Waals surface area contributed by atoms with Gasteiger partial charge < -0.3 is 14.2 Å². The molecule has 0 aliphatic rings. The number of hydrogen-bond donors (Lipinski definition) is 1. The third kappa shape index (κ3) is 5.23. The van der Waals surface area contributed by atoms with Crippen LogP contribution >= 0.6 is 0 Å². The lowest BCUT2D eigenvalue weighted by Crippen LogP contribution is -2.17. The van der Waals surface area contributed by atoms with E-state index in [1.807, 2.05) is 6.07 Å². The van der Waals surface area contributed by atoms with E-state index < -0.39 is 5.97 Å². The van der Waals surface area contributed by atoms with E-state index in [4.69, 9.17) is 14.2 Å². The fraction of sp³-hybridized carbons (Fsp3) is 0.0870. The lowest BCUT2D eigenvalue weighted by Gasteiger charge is -2.10. The van der Waals surface area contributed by atoms with E-state index in [-0.39, 0.29) is 11.7 Å². The molecule has 0 aromatic heterocycles. The van der Waals surface area contributed by atoms with Gasteiger partial charge in [-0.3, -0.25) is 4.79 Å². The molecule has 1 N–H and O–H groups in total. The molecule has 0 aliphatic carbocycles. The molecule has 7 nitrogen and oxygen atoms in total. The predicted octanol–water partition coefficient (Wildman–Crippen LogP) is 3.69. The molecule has 0 heterocycles. The number of carbonyl (C=O) groups excluding carboxylic acids is 2. The molecular formula is C23H20N2O5. The number of rotatable bonds is 7. The second kappa shape index (κ2) is 9.88. The van der Waals surface area contributed by atoms with Crippen LogP contribution in [0, 0.1) is 0 Å². The topological polar surface area (TPSA) is 86.2 Å². The van der Waals surface area contributed by atoms with Crippen molar-refractivity contribution < 1.29 is 23.8 Å². The summed E-state index contributed by atoms with van der Waals surface area (Å²) in [5.41, 5.74) is 4.00. The van der Waals surface area contributed by atoms with Crippen LogP contribution in [0.2, 0.25) is 0 Å². The molecule has 152 valence electrons. The molecular weight excluding hydrogens is 384 g/mol. The molecule has 0 saturated carbocycles. The van der Waals surface area contributed by atoms with E-state index in [1.54, 1.807) is 73.8 Å². The summed E-state index contributed by atoms with van der Waals surface area (Å²) >= 11 is 0. The van der Waals surface area contributed by atoms with Gasteiger partial charge in [0.2, 0.25) is 0 Å². The number of hydrogen-bond acceptors (Lipinski definition) is 6. The van der Waals surface area contributed by atoms with Crippen LogP contribution in [0.4, 0.5) is 0 Å². The first-order chi connectivity index (χ1) is 14.6. The molecule has 0 spiro atoms. The van der Waals surface area contributed by atoms with E-state index in [0.29, 0.717) is 28.2 Å². The normalized spacial score (nSPS) is 10.5. The Balaban J connectivity index is 1.65. The average Bonchev–Trinajstić information content (AvgIpc) is 2.80. The maximum absolute atomic E-state index is 12.2. The van der Waals surface area contributed by atoms with Gasteiger partial charge in [-0.05, 0) is 60.2 Å². The Morgan fingerprint density at radius 2 is 1.57 bits per heavy atom. The van der Waals surface area contributed by atoms with E-state index in [2.05, 4.69) is 10.5 Å². The SMILES string of the molecule is COc1ccc(C(=O)N/N=C/c2ccc(OC(=O)c3ccccc3)c(OC)c2)cc1. The van der Waals surface area contributed by atoms with Gasteiger partial charge in [-0.25, -0.2) is 10.2 Å². The lowest BCUT2D eigenvalue weighted by molar-refractivity contribution is 0.0729. The number of benzene rings is 3. The summed E-state index contributed by atoms with van der Waals surface area (Å²) in [5.74, 6) is 0.474. The van der Waals surface area contributed by atoms with Crippen LogP contribution in [0.3, 0.4) is 0 Å². The van der Waals surface area contributed by atoms with E-state index in [0.717, 1.165) is 0 Å². The smallest absolute Gasteiger partial charge is 0.343 e. The Morgan fingerprint density at radius 1 is 0.833 bits per heavy atom. The van der Waals surface area contributed by atoms with Crippen molar-refractivity contribution in [2.75, 3.05) is 14.2 Å². The second-order valence-corrected chi connectivity index (χ2v) is 6.09. The minimum absolute atomic E-state index is 0.283. The summed E-state index contributed by atoms with van der Waals surface area (Å²) in [6, 6.07) is 20.3. The van der Waals surface area contributed by atoms with Crippen LogP contribution in [0.1, 0.15) is 26.3 Å². The van der Waals surface area contributed by atoms with Crippen molar-refractivity contribution >= 4 is 18.1 Å². The van der Waals surface area contributed by atoms with Crippen LogP contribution in [-0.4, -0.2) is 32.3 Å². The standard InChI is InChI=1S/C23H20N2O5/c1-28-19-11-9-17(10-12-19)22(26)25-24-15-16-8-13-20(21(14-16)29-2)30-23(27)18-6-4-3-5-7-18/h3-15H,1-2H3,(H,25,26)/b24-15+. The minimum Gasteiger partial charge on any atom is -0.497 e. The molecule has 7 heteroatoms. The van der Waals surface area contributed by atoms with Crippen LogP contribution < -0.4 is 19.6 Å². The highest BCUT2D eigenvalue weighted by atomic mass is 16.6. The van der Waals surface area contributed by atoms with Crippen molar-refractivity contribution in [2.45, 2.75) is 0 Å². The van der Waals surface area contributed by atoms with Gasteiger partial charge in [0.1, 0.15) is 5.75 Å². The molecule has 0 saturated heterocycles. The second-order valence-electron chi connectivity index (χ2n) is 6.09. The van der Waals surface area contributed by atoms with E-state index in [9.17, 15) is 9.59 Å². The molecule has 30 heavy (non-hydrogen) atoms. The Kier molecular flexibility index (Phi) is 6.78. The van der Waals surface area contributed by atoms with Gasteiger partial charge in [0.15, 0.2) is 11.5 Å². The van der Waals surface area contributed by atoms with Crippen molar-refractivity contribution in [2.24, 2.45) is 5.10 Å². The number of hydrazone groups is 1. The van der Waals surface area contributed by atoms with Gasteiger partial charge in [-0.1, -0.05) is 18.2 Å². The third-order valence-electron chi connectivity index (χ3n) is 4.13. The van der Waals surface area contributed by atoms with Crippen LogP contribution in [0.25, 0.3) is 0 Å². The summed E-state index contributed by atoms with van der Waals surface area (Å²) in [5, 5.41) is 3.95. The van der Waals surface area contributed by atoms with Crippen LogP contribution in [-0.2, 0) is 0 Å². The molecule has 0 bridgehead atoms. The molecule has 0 unspecified atom stereocenters. The Labute approximate surface area is 173 Å². The first kappa shape index (κ1) is 20.6. The van der Waals surface area contributed by atoms with Gasteiger partial charge in [-0.15, -0.1) is 0 Å². The zero-order chi connectivity index (χ0) is 21.3. The molecule has 0 atom stereocenters.